The Morgan fingerprint density at radius 2 is 1.95 bits per heavy atom. The van der Waals surface area contributed by atoms with Crippen LogP contribution in [0.4, 0.5) is 0 Å². The summed E-state index contributed by atoms with van der Waals surface area (Å²) in [5, 5.41) is 0. The van der Waals surface area contributed by atoms with Crippen LogP contribution >= 0.6 is 15.9 Å². The first-order chi connectivity index (χ1) is 9.20. The van der Waals surface area contributed by atoms with Gasteiger partial charge >= 0.3 is 0 Å². The van der Waals surface area contributed by atoms with E-state index in [9.17, 15) is 0 Å². The third-order valence-electron chi connectivity index (χ3n) is 3.76. The maximum Gasteiger partial charge on any atom is 0.0670 e. The summed E-state index contributed by atoms with van der Waals surface area (Å²) >= 11 is 3.57. The molecule has 104 valence electrons. The lowest BCUT2D eigenvalue weighted by Gasteiger charge is -2.22. The third kappa shape index (κ3) is 4.16. The van der Waals surface area contributed by atoms with Gasteiger partial charge in [0.2, 0.25) is 0 Å². The molecule has 1 aromatic carbocycles. The summed E-state index contributed by atoms with van der Waals surface area (Å²) in [4.78, 5) is 0. The Hall–Kier alpha value is -0.640. The van der Waals surface area contributed by atoms with Gasteiger partial charge in [-0.2, -0.15) is 0 Å². The van der Waals surface area contributed by atoms with Gasteiger partial charge in [0.25, 0.3) is 0 Å². The summed E-state index contributed by atoms with van der Waals surface area (Å²) in [5.41, 5.74) is 6.96. The number of aryl methyl sites for hydroxylation is 1. The van der Waals surface area contributed by atoms with Gasteiger partial charge < -0.3 is 0 Å². The molecule has 2 nitrogen and oxygen atoms in total. The zero-order valence-corrected chi connectivity index (χ0v) is 13.2. The number of hydrogen-bond acceptors (Lipinski definition) is 2. The summed E-state index contributed by atoms with van der Waals surface area (Å²) in [5.74, 6) is 5.82. The Morgan fingerprint density at radius 3 is 2.68 bits per heavy atom. The second-order valence-corrected chi connectivity index (χ2v) is 6.31. The Morgan fingerprint density at radius 1 is 1.16 bits per heavy atom. The number of rotatable bonds is 3. The molecule has 3 heteroatoms. The number of benzene rings is 1. The molecular formula is C16H23BrN2. The molecule has 1 aromatic rings. The lowest BCUT2D eigenvalue weighted by molar-refractivity contribution is 0.555. The van der Waals surface area contributed by atoms with Gasteiger partial charge in [-0.25, -0.2) is 5.43 Å². The lowest BCUT2D eigenvalue weighted by atomic mass is 9.91. The second-order valence-electron chi connectivity index (χ2n) is 5.39. The van der Waals surface area contributed by atoms with Gasteiger partial charge in [-0.05, 0) is 55.9 Å². The van der Waals surface area contributed by atoms with Gasteiger partial charge in [-0.15, -0.1) is 0 Å². The van der Waals surface area contributed by atoms with E-state index in [0.717, 1.165) is 10.9 Å². The smallest absolute Gasteiger partial charge is 0.0670 e. The number of allylic oxidation sites excluding steroid dienone is 1. The summed E-state index contributed by atoms with van der Waals surface area (Å²) in [6, 6.07) is 6.66. The van der Waals surface area contributed by atoms with Crippen molar-refractivity contribution >= 4 is 15.9 Å². The van der Waals surface area contributed by atoms with Crippen molar-refractivity contribution < 1.29 is 0 Å². The molecular weight excluding hydrogens is 300 g/mol. The summed E-state index contributed by atoms with van der Waals surface area (Å²) < 4.78 is 1.12. The minimum atomic E-state index is 0.147. The highest BCUT2D eigenvalue weighted by molar-refractivity contribution is 9.10. The minimum absolute atomic E-state index is 0.147. The van der Waals surface area contributed by atoms with Gasteiger partial charge in [0, 0.05) is 4.47 Å². The molecule has 0 saturated carbocycles. The van der Waals surface area contributed by atoms with Crippen LogP contribution in [0.1, 0.15) is 55.7 Å². The van der Waals surface area contributed by atoms with Crippen molar-refractivity contribution in [1.29, 1.82) is 0 Å². The Balaban J connectivity index is 2.26. The molecule has 0 radical (unpaired) electrons. The highest BCUT2D eigenvalue weighted by atomic mass is 79.9. The van der Waals surface area contributed by atoms with E-state index in [1.165, 1.54) is 48.8 Å². The van der Waals surface area contributed by atoms with Crippen molar-refractivity contribution in [3.63, 3.8) is 0 Å². The van der Waals surface area contributed by atoms with E-state index < -0.39 is 0 Å². The van der Waals surface area contributed by atoms with E-state index in [4.69, 9.17) is 5.84 Å². The van der Waals surface area contributed by atoms with Gasteiger partial charge in [0.15, 0.2) is 0 Å². The molecule has 2 rings (SSSR count). The average Bonchev–Trinajstić information content (AvgIpc) is 2.31. The van der Waals surface area contributed by atoms with Crippen molar-refractivity contribution in [2.45, 2.75) is 51.5 Å². The first kappa shape index (κ1) is 14.8. The van der Waals surface area contributed by atoms with Crippen LogP contribution < -0.4 is 11.3 Å². The molecule has 0 aliphatic heterocycles. The van der Waals surface area contributed by atoms with E-state index in [-0.39, 0.29) is 6.04 Å². The number of nitrogens with two attached hydrogens (primary N) is 1. The van der Waals surface area contributed by atoms with Gasteiger partial charge in [0.1, 0.15) is 0 Å². The number of hydrazine groups is 1. The highest BCUT2D eigenvalue weighted by Crippen LogP contribution is 2.30. The van der Waals surface area contributed by atoms with Crippen LogP contribution in [0, 0.1) is 6.92 Å². The monoisotopic (exact) mass is 322 g/mol. The summed E-state index contributed by atoms with van der Waals surface area (Å²) in [6.45, 7) is 2.12. The molecule has 1 atom stereocenters. The van der Waals surface area contributed by atoms with Crippen molar-refractivity contribution in [3.05, 3.63) is 45.4 Å². The Labute approximate surface area is 124 Å². The second kappa shape index (κ2) is 7.22. The maximum absolute atomic E-state index is 5.82. The molecule has 1 aliphatic carbocycles. The molecule has 0 bridgehead atoms. The van der Waals surface area contributed by atoms with Crippen LogP contribution in [0.25, 0.3) is 0 Å². The van der Waals surface area contributed by atoms with Crippen molar-refractivity contribution in [2.75, 3.05) is 0 Å². The van der Waals surface area contributed by atoms with Crippen LogP contribution in [0.2, 0.25) is 0 Å². The Kier molecular flexibility index (Phi) is 5.61. The fourth-order valence-electron chi connectivity index (χ4n) is 2.83. The van der Waals surface area contributed by atoms with Crippen LogP contribution in [0.15, 0.2) is 34.3 Å². The van der Waals surface area contributed by atoms with E-state index in [0.29, 0.717) is 0 Å². The molecule has 0 spiro atoms. The molecule has 0 fully saturated rings. The highest BCUT2D eigenvalue weighted by Gasteiger charge is 2.16. The van der Waals surface area contributed by atoms with Gasteiger partial charge in [-0.3, -0.25) is 5.84 Å². The summed E-state index contributed by atoms with van der Waals surface area (Å²) in [7, 11) is 0. The first-order valence-corrected chi connectivity index (χ1v) is 7.92. The zero-order chi connectivity index (χ0) is 13.7. The molecule has 0 aromatic heterocycles. The predicted octanol–water partition coefficient (Wildman–Crippen LogP) is 4.54. The number of halogens is 1. The molecule has 0 heterocycles. The van der Waals surface area contributed by atoms with Crippen LogP contribution in [-0.4, -0.2) is 0 Å². The molecule has 1 aliphatic rings. The summed E-state index contributed by atoms with van der Waals surface area (Å²) in [6.07, 6.45) is 10.0. The maximum atomic E-state index is 5.82. The predicted molar refractivity (Wildman–Crippen MR) is 84.7 cm³/mol. The van der Waals surface area contributed by atoms with Gasteiger partial charge in [-0.1, -0.05) is 46.5 Å². The van der Waals surface area contributed by atoms with Crippen LogP contribution in [-0.2, 0) is 0 Å². The molecule has 3 N–H and O–H groups in total. The third-order valence-corrected chi connectivity index (χ3v) is 4.22. The lowest BCUT2D eigenvalue weighted by Crippen LogP contribution is -2.29. The normalized spacial score (nSPS) is 21.1. The molecule has 1 unspecified atom stereocenters. The molecule has 0 saturated heterocycles. The van der Waals surface area contributed by atoms with E-state index in [1.54, 1.807) is 0 Å². The largest absolute Gasteiger partial charge is 0.271 e. The zero-order valence-electron chi connectivity index (χ0n) is 11.6. The minimum Gasteiger partial charge on any atom is -0.271 e. The standard InChI is InChI=1S/C16H23BrN2/c1-12-9-14(11-15(17)10-12)16(19-18)13-7-5-3-2-4-6-8-13/h7,9-11,16,19H,2-6,8,18H2,1H3/b13-7+. The van der Waals surface area contributed by atoms with Crippen molar-refractivity contribution in [3.8, 4) is 0 Å². The number of nitrogens with one attached hydrogen (secondary N) is 1. The topological polar surface area (TPSA) is 38.0 Å². The molecule has 0 amide bonds. The quantitative estimate of drug-likeness (QED) is 0.487. The van der Waals surface area contributed by atoms with Crippen molar-refractivity contribution in [1.82, 2.24) is 5.43 Å². The SMILES string of the molecule is Cc1cc(Br)cc(C(NN)/C2=C/CCCCCC2)c1. The van der Waals surface area contributed by atoms with E-state index >= 15 is 0 Å². The molecule has 19 heavy (non-hydrogen) atoms. The van der Waals surface area contributed by atoms with Crippen molar-refractivity contribution in [2.24, 2.45) is 5.84 Å². The average molecular weight is 323 g/mol. The first-order valence-electron chi connectivity index (χ1n) is 7.13. The number of hydrogen-bond donors (Lipinski definition) is 2. The fourth-order valence-corrected chi connectivity index (χ4v) is 3.45. The fraction of sp³-hybridized carbons (Fsp3) is 0.500. The van der Waals surface area contributed by atoms with Crippen LogP contribution in [0.3, 0.4) is 0 Å². The van der Waals surface area contributed by atoms with Crippen LogP contribution in [0.5, 0.6) is 0 Å². The van der Waals surface area contributed by atoms with Gasteiger partial charge in [0.05, 0.1) is 6.04 Å². The van der Waals surface area contributed by atoms with E-state index in [1.807, 2.05) is 0 Å². The Bertz CT molecular complexity index is 434. The van der Waals surface area contributed by atoms with E-state index in [2.05, 4.69) is 52.6 Å².